The predicted molar refractivity (Wildman–Crippen MR) is 49.3 cm³/mol. The van der Waals surface area contributed by atoms with E-state index in [-0.39, 0.29) is 29.6 Å². The van der Waals surface area contributed by atoms with Crippen molar-refractivity contribution in [2.45, 2.75) is 50.9 Å². The van der Waals surface area contributed by atoms with Crippen LogP contribution in [0.2, 0.25) is 0 Å². The minimum Gasteiger partial charge on any atom is -0.748 e. The van der Waals surface area contributed by atoms with Gasteiger partial charge in [-0.15, -0.1) is 0 Å². The molecule has 0 heterocycles. The van der Waals surface area contributed by atoms with Crippen LogP contribution in [0.5, 0.6) is 0 Å². The van der Waals surface area contributed by atoms with Crippen LogP contribution in [0.4, 0.5) is 0 Å². The molecule has 0 aliphatic heterocycles. The second-order valence-corrected chi connectivity index (χ2v) is 4.99. The number of hydrogen-bond acceptors (Lipinski definition) is 4. The molecule has 0 fully saturated rings. The van der Waals surface area contributed by atoms with Crippen LogP contribution in [-0.2, 0) is 10.1 Å². The van der Waals surface area contributed by atoms with Gasteiger partial charge in [-0.2, -0.15) is 0 Å². The molecule has 4 nitrogen and oxygen atoms in total. The zero-order chi connectivity index (χ0) is 10.5. The number of aliphatic hydroxyl groups excluding tert-OH is 1. The summed E-state index contributed by atoms with van der Waals surface area (Å²) in [5, 5.41) is 8.11. The Morgan fingerprint density at radius 1 is 1.36 bits per heavy atom. The van der Waals surface area contributed by atoms with Gasteiger partial charge in [-0.25, -0.2) is 8.42 Å². The fourth-order valence-corrected chi connectivity index (χ4v) is 1.55. The van der Waals surface area contributed by atoms with Crippen molar-refractivity contribution in [2.75, 3.05) is 0 Å². The van der Waals surface area contributed by atoms with Crippen LogP contribution in [0.1, 0.15) is 39.5 Å². The first kappa shape index (κ1) is 17.3. The molecular formula is C8H17NaO4S. The van der Waals surface area contributed by atoms with Crippen LogP contribution in [0.3, 0.4) is 0 Å². The molecule has 0 aliphatic carbocycles. The van der Waals surface area contributed by atoms with Gasteiger partial charge in [-0.05, 0) is 13.3 Å². The van der Waals surface area contributed by atoms with Crippen molar-refractivity contribution < 1.29 is 47.6 Å². The van der Waals surface area contributed by atoms with Crippen molar-refractivity contribution >= 4 is 10.1 Å². The summed E-state index contributed by atoms with van der Waals surface area (Å²) >= 11 is 0. The van der Waals surface area contributed by atoms with E-state index in [2.05, 4.69) is 0 Å². The molecule has 0 aliphatic rings. The maximum absolute atomic E-state index is 10.5. The summed E-state index contributed by atoms with van der Waals surface area (Å²) in [7, 11) is -4.34. The van der Waals surface area contributed by atoms with E-state index in [1.165, 1.54) is 6.92 Å². The molecule has 2 atom stereocenters. The zero-order valence-electron chi connectivity index (χ0n) is 9.06. The Hall–Kier alpha value is 0.870. The maximum atomic E-state index is 10.5. The summed E-state index contributed by atoms with van der Waals surface area (Å²) in [5.41, 5.74) is 0. The van der Waals surface area contributed by atoms with Crippen molar-refractivity contribution in [1.29, 1.82) is 0 Å². The molecule has 0 saturated heterocycles. The Labute approximate surface area is 108 Å². The summed E-state index contributed by atoms with van der Waals surface area (Å²) in [4.78, 5) is 0. The monoisotopic (exact) mass is 232 g/mol. The van der Waals surface area contributed by atoms with Crippen molar-refractivity contribution in [3.05, 3.63) is 0 Å². The van der Waals surface area contributed by atoms with Crippen LogP contribution in [0.15, 0.2) is 0 Å². The summed E-state index contributed by atoms with van der Waals surface area (Å²) < 4.78 is 31.5. The predicted octanol–water partition coefficient (Wildman–Crippen LogP) is -2.13. The van der Waals surface area contributed by atoms with Crippen LogP contribution < -0.4 is 29.6 Å². The first-order chi connectivity index (χ1) is 5.89. The number of aliphatic hydroxyl groups is 1. The molecule has 2 unspecified atom stereocenters. The number of hydrogen-bond donors (Lipinski definition) is 1. The molecule has 1 N–H and O–H groups in total. The van der Waals surface area contributed by atoms with Gasteiger partial charge in [0.05, 0.1) is 21.5 Å². The molecule has 14 heavy (non-hydrogen) atoms. The van der Waals surface area contributed by atoms with Gasteiger partial charge in [0, 0.05) is 0 Å². The van der Waals surface area contributed by atoms with Gasteiger partial charge in [-0.3, -0.25) is 0 Å². The zero-order valence-corrected chi connectivity index (χ0v) is 11.9. The number of rotatable bonds is 6. The average molecular weight is 232 g/mol. The largest absolute Gasteiger partial charge is 1.00 e. The van der Waals surface area contributed by atoms with Crippen LogP contribution in [0, 0.1) is 0 Å². The van der Waals surface area contributed by atoms with E-state index in [0.29, 0.717) is 6.42 Å². The average Bonchev–Trinajstić information content (AvgIpc) is 2.01. The van der Waals surface area contributed by atoms with E-state index in [1.807, 2.05) is 6.92 Å². The van der Waals surface area contributed by atoms with Gasteiger partial charge in [-0.1, -0.05) is 26.2 Å². The third kappa shape index (κ3) is 7.20. The Morgan fingerprint density at radius 3 is 2.21 bits per heavy atom. The van der Waals surface area contributed by atoms with Gasteiger partial charge in [0.25, 0.3) is 0 Å². The van der Waals surface area contributed by atoms with E-state index in [9.17, 15) is 18.1 Å². The van der Waals surface area contributed by atoms with Crippen LogP contribution in [-0.4, -0.2) is 29.4 Å². The third-order valence-electron chi connectivity index (χ3n) is 2.10. The fourth-order valence-electron chi connectivity index (χ4n) is 1.03. The van der Waals surface area contributed by atoms with E-state index in [4.69, 9.17) is 0 Å². The quantitative estimate of drug-likeness (QED) is 0.322. The Balaban J connectivity index is 0. The Kier molecular flexibility index (Phi) is 9.96. The minimum absolute atomic E-state index is 0. The van der Waals surface area contributed by atoms with Crippen molar-refractivity contribution in [3.8, 4) is 0 Å². The summed E-state index contributed by atoms with van der Waals surface area (Å²) in [6.07, 6.45) is 2.08. The molecule has 0 radical (unpaired) electrons. The topological polar surface area (TPSA) is 77.4 Å². The number of unbranched alkanes of at least 4 members (excludes halogenated alkanes) is 2. The summed E-state index contributed by atoms with van der Waals surface area (Å²) in [6, 6.07) is 0. The molecule has 0 spiro atoms. The molecule has 0 aromatic heterocycles. The smallest absolute Gasteiger partial charge is 0.748 e. The molecule has 0 aromatic carbocycles. The fraction of sp³-hybridized carbons (Fsp3) is 1.00. The van der Waals surface area contributed by atoms with Gasteiger partial charge >= 0.3 is 29.6 Å². The third-order valence-corrected chi connectivity index (χ3v) is 3.33. The maximum Gasteiger partial charge on any atom is 1.00 e. The SMILES string of the molecule is CCCCCC(O)C(C)S(=O)(=O)[O-].[Na+]. The normalized spacial score (nSPS) is 15.7. The van der Waals surface area contributed by atoms with Crippen molar-refractivity contribution in [3.63, 3.8) is 0 Å². The van der Waals surface area contributed by atoms with E-state index in [0.717, 1.165) is 19.3 Å². The van der Waals surface area contributed by atoms with Crippen molar-refractivity contribution in [1.82, 2.24) is 0 Å². The van der Waals surface area contributed by atoms with Gasteiger partial charge in [0.2, 0.25) is 0 Å². The second-order valence-electron chi connectivity index (χ2n) is 3.26. The Bertz CT molecular complexity index is 227. The molecular weight excluding hydrogens is 215 g/mol. The Morgan fingerprint density at radius 2 is 1.86 bits per heavy atom. The van der Waals surface area contributed by atoms with Gasteiger partial charge in [0.1, 0.15) is 0 Å². The molecule has 0 aromatic rings. The molecule has 0 rings (SSSR count). The summed E-state index contributed by atoms with van der Waals surface area (Å²) in [6.45, 7) is 3.26. The van der Waals surface area contributed by atoms with Crippen LogP contribution >= 0.6 is 0 Å². The molecule has 0 saturated carbocycles. The standard InChI is InChI=1S/C8H18O4S.Na/c1-3-4-5-6-8(9)7(2)13(10,11)12;/h7-9H,3-6H2,1-2H3,(H,10,11,12);/q;+1/p-1. The minimum atomic E-state index is -4.34. The van der Waals surface area contributed by atoms with Gasteiger partial charge < -0.3 is 9.66 Å². The van der Waals surface area contributed by atoms with Gasteiger partial charge in [0.15, 0.2) is 0 Å². The van der Waals surface area contributed by atoms with E-state index < -0.39 is 21.5 Å². The summed E-state index contributed by atoms with van der Waals surface area (Å²) in [5.74, 6) is 0. The van der Waals surface area contributed by atoms with Crippen LogP contribution in [0.25, 0.3) is 0 Å². The van der Waals surface area contributed by atoms with E-state index in [1.54, 1.807) is 0 Å². The molecule has 0 amide bonds. The first-order valence-electron chi connectivity index (χ1n) is 4.52. The molecule has 0 bridgehead atoms. The van der Waals surface area contributed by atoms with E-state index >= 15 is 0 Å². The molecule has 6 heteroatoms. The van der Waals surface area contributed by atoms with Crippen molar-refractivity contribution in [2.24, 2.45) is 0 Å². The molecule has 80 valence electrons. The first-order valence-corrected chi connectivity index (χ1v) is 5.99. The second kappa shape index (κ2) is 8.07.